The minimum atomic E-state index is -0.604. The smallest absolute Gasteiger partial charge is 0.282 e. The van der Waals surface area contributed by atoms with Gasteiger partial charge in [-0.15, -0.1) is 0 Å². The van der Waals surface area contributed by atoms with E-state index >= 15 is 0 Å². The number of quaternary nitrogens is 1. The summed E-state index contributed by atoms with van der Waals surface area (Å²) in [5, 5.41) is -0.0317. The lowest BCUT2D eigenvalue weighted by Crippen LogP contribution is -3.09. The third-order valence-corrected chi connectivity index (χ3v) is 5.87. The van der Waals surface area contributed by atoms with Gasteiger partial charge in [-0.25, -0.2) is 4.99 Å². The average molecular weight is 436 g/mol. The molecular formula is C24H25N3O3S. The predicted molar refractivity (Wildman–Crippen MR) is 123 cm³/mol. The molecule has 0 atom stereocenters. The van der Waals surface area contributed by atoms with Gasteiger partial charge in [0, 0.05) is 5.69 Å². The number of hydrogen-bond donors (Lipinski definition) is 1. The monoisotopic (exact) mass is 435 g/mol. The van der Waals surface area contributed by atoms with Crippen molar-refractivity contribution in [1.82, 2.24) is 0 Å². The second-order valence-corrected chi connectivity index (χ2v) is 8.35. The van der Waals surface area contributed by atoms with Crippen molar-refractivity contribution in [2.45, 2.75) is 19.8 Å². The number of hydrogen-bond acceptors (Lipinski definition) is 4. The minimum Gasteiger partial charge on any atom is -0.742 e. The highest BCUT2D eigenvalue weighted by Gasteiger charge is 2.29. The van der Waals surface area contributed by atoms with Crippen molar-refractivity contribution in [2.75, 3.05) is 31.2 Å². The molecular weight excluding hydrogens is 410 g/mol. The first-order valence-corrected chi connectivity index (χ1v) is 10.8. The molecule has 1 saturated heterocycles. The van der Waals surface area contributed by atoms with E-state index in [-0.39, 0.29) is 10.7 Å². The molecule has 0 bridgehead atoms. The minimum absolute atomic E-state index is 0.00741. The van der Waals surface area contributed by atoms with Crippen molar-refractivity contribution >= 4 is 47.1 Å². The lowest BCUT2D eigenvalue weighted by molar-refractivity contribution is -0.842. The molecule has 4 rings (SSSR count). The number of nitrogens with zero attached hydrogens (tertiary/aromatic N) is 2. The Morgan fingerprint density at radius 2 is 1.68 bits per heavy atom. The van der Waals surface area contributed by atoms with Gasteiger partial charge in [0.2, 0.25) is 0 Å². The van der Waals surface area contributed by atoms with Crippen molar-refractivity contribution in [1.29, 1.82) is 0 Å². The van der Waals surface area contributed by atoms with Crippen molar-refractivity contribution in [3.05, 3.63) is 65.2 Å². The van der Waals surface area contributed by atoms with Crippen molar-refractivity contribution in [3.8, 4) is 0 Å². The topological polar surface area (TPSA) is 63.4 Å². The summed E-state index contributed by atoms with van der Waals surface area (Å²) < 4.78 is 5.41. The maximum atomic E-state index is 13.2. The van der Waals surface area contributed by atoms with Gasteiger partial charge in [-0.1, -0.05) is 26.0 Å². The largest absolute Gasteiger partial charge is 0.742 e. The first-order valence-electron chi connectivity index (χ1n) is 10.4. The number of nitrogens with one attached hydrogen (secondary N) is 1. The molecule has 0 unspecified atom stereocenters. The number of amidine groups is 1. The number of amides is 2. The van der Waals surface area contributed by atoms with Gasteiger partial charge in [0.1, 0.15) is 24.4 Å². The van der Waals surface area contributed by atoms with E-state index in [4.69, 9.17) is 17.4 Å². The summed E-state index contributed by atoms with van der Waals surface area (Å²) >= 11 is 5.23. The number of morpholine rings is 1. The van der Waals surface area contributed by atoms with Crippen LogP contribution in [0.15, 0.2) is 59.1 Å². The second-order valence-electron chi connectivity index (χ2n) is 7.98. The van der Waals surface area contributed by atoms with Crippen molar-refractivity contribution in [2.24, 2.45) is 4.99 Å². The Balaban J connectivity index is 1.60. The fourth-order valence-electron chi connectivity index (χ4n) is 3.74. The van der Waals surface area contributed by atoms with E-state index in [2.05, 4.69) is 18.8 Å². The molecule has 0 aromatic heterocycles. The summed E-state index contributed by atoms with van der Waals surface area (Å²) in [5.74, 6) is -0.680. The quantitative estimate of drug-likeness (QED) is 0.455. The Bertz CT molecular complexity index is 1040. The van der Waals surface area contributed by atoms with Crippen LogP contribution in [0.2, 0.25) is 0 Å². The molecule has 2 heterocycles. The number of carbonyl (C=O) groups excluding carboxylic acids is 2. The third-order valence-electron chi connectivity index (χ3n) is 5.60. The average Bonchev–Trinajstić information content (AvgIpc) is 2.78. The van der Waals surface area contributed by atoms with E-state index in [9.17, 15) is 9.59 Å². The van der Waals surface area contributed by atoms with Crippen LogP contribution >= 0.6 is 0 Å². The fraction of sp³-hybridized carbons (Fsp3) is 0.292. The first-order chi connectivity index (χ1) is 14.9. The molecule has 1 N–H and O–H groups in total. The Labute approximate surface area is 187 Å². The fourth-order valence-corrected chi connectivity index (χ4v) is 4.01. The molecule has 6 nitrogen and oxygen atoms in total. The van der Waals surface area contributed by atoms with Gasteiger partial charge in [-0.05, 0) is 64.7 Å². The van der Waals surface area contributed by atoms with Crippen LogP contribution in [0, 0.1) is 0 Å². The number of rotatable bonds is 4. The molecule has 2 aromatic rings. The van der Waals surface area contributed by atoms with E-state index in [1.54, 1.807) is 6.08 Å². The Kier molecular flexibility index (Phi) is 6.27. The summed E-state index contributed by atoms with van der Waals surface area (Å²) in [5.41, 5.74) is 3.71. The normalized spacial score (nSPS) is 19.3. The van der Waals surface area contributed by atoms with E-state index in [0.29, 0.717) is 11.6 Å². The predicted octanol–water partition coefficient (Wildman–Crippen LogP) is 2.22. The number of carbonyl (C=O) groups is 2. The standard InChI is InChI=1S/C24H25N3O3S/c1-16(2)18-5-9-20(10-6-18)27-23(29)21(22(28)25-24(27)31)15-17-3-7-19(8-4-17)26-11-13-30-14-12-26/h3-10,15-16H,11-14H2,1-2H3,(H,25,28,31)/b21-15-. The Morgan fingerprint density at radius 3 is 2.29 bits per heavy atom. The van der Waals surface area contributed by atoms with Crippen LogP contribution < -0.4 is 9.80 Å². The van der Waals surface area contributed by atoms with Crippen LogP contribution in [0.1, 0.15) is 30.9 Å². The summed E-state index contributed by atoms with van der Waals surface area (Å²) in [6.45, 7) is 7.56. The Morgan fingerprint density at radius 1 is 1.03 bits per heavy atom. The summed E-state index contributed by atoms with van der Waals surface area (Å²) in [7, 11) is 0. The van der Waals surface area contributed by atoms with Crippen LogP contribution in [-0.4, -0.2) is 43.3 Å². The lowest BCUT2D eigenvalue weighted by atomic mass is 10.0. The van der Waals surface area contributed by atoms with E-state index in [1.807, 2.05) is 48.5 Å². The maximum Gasteiger partial charge on any atom is 0.282 e. The zero-order valence-electron chi connectivity index (χ0n) is 17.6. The molecule has 0 saturated carbocycles. The molecule has 7 heteroatoms. The molecule has 0 spiro atoms. The molecule has 2 aliphatic rings. The van der Waals surface area contributed by atoms with E-state index in [1.165, 1.54) is 15.5 Å². The van der Waals surface area contributed by atoms with Gasteiger partial charge >= 0.3 is 0 Å². The molecule has 31 heavy (non-hydrogen) atoms. The molecule has 2 amide bonds. The summed E-state index contributed by atoms with van der Waals surface area (Å²) in [4.78, 5) is 32.2. The van der Waals surface area contributed by atoms with Gasteiger partial charge in [-0.2, -0.15) is 0 Å². The molecule has 1 fully saturated rings. The van der Waals surface area contributed by atoms with Gasteiger partial charge in [-0.3, -0.25) is 19.4 Å². The summed E-state index contributed by atoms with van der Waals surface area (Å²) in [6, 6.07) is 15.5. The molecule has 0 aliphatic carbocycles. The van der Waals surface area contributed by atoms with Crippen LogP contribution in [0.5, 0.6) is 0 Å². The number of anilines is 1. The highest BCUT2D eigenvalue weighted by molar-refractivity contribution is 7.78. The van der Waals surface area contributed by atoms with Gasteiger partial charge in [0.15, 0.2) is 0 Å². The molecule has 160 valence electrons. The number of aliphatic imine (C=N–C) groups is 1. The summed E-state index contributed by atoms with van der Waals surface area (Å²) in [6.07, 6.45) is 1.59. The molecule has 2 aliphatic heterocycles. The highest BCUT2D eigenvalue weighted by atomic mass is 32.1. The van der Waals surface area contributed by atoms with E-state index in [0.717, 1.165) is 37.4 Å². The van der Waals surface area contributed by atoms with Crippen molar-refractivity contribution in [3.63, 3.8) is 0 Å². The van der Waals surface area contributed by atoms with Crippen LogP contribution in [0.4, 0.5) is 11.4 Å². The van der Waals surface area contributed by atoms with Crippen molar-refractivity contribution < 1.29 is 19.2 Å². The third kappa shape index (κ3) is 4.58. The Hall–Kier alpha value is -2.87. The van der Waals surface area contributed by atoms with Crippen LogP contribution in [-0.2, 0) is 27.0 Å². The van der Waals surface area contributed by atoms with Gasteiger partial charge < -0.3 is 17.4 Å². The zero-order valence-corrected chi connectivity index (χ0v) is 18.4. The number of ether oxygens (including phenoxy) is 1. The lowest BCUT2D eigenvalue weighted by Gasteiger charge is -2.32. The second kappa shape index (κ2) is 9.09. The van der Waals surface area contributed by atoms with Gasteiger partial charge in [0.25, 0.3) is 11.8 Å². The van der Waals surface area contributed by atoms with Crippen LogP contribution in [0.25, 0.3) is 6.08 Å². The van der Waals surface area contributed by atoms with Gasteiger partial charge in [0.05, 0.1) is 13.2 Å². The van der Waals surface area contributed by atoms with E-state index < -0.39 is 11.8 Å². The van der Waals surface area contributed by atoms with Crippen LogP contribution in [0.3, 0.4) is 0 Å². The molecule has 0 radical (unpaired) electrons. The molecule has 2 aromatic carbocycles. The highest BCUT2D eigenvalue weighted by Crippen LogP contribution is 2.25. The number of benzene rings is 2. The maximum absolute atomic E-state index is 13.2. The first kappa shape index (κ1) is 21.4. The zero-order chi connectivity index (χ0) is 22.0. The SMILES string of the molecule is CC(C)c1ccc(N2C(=O)/C(=C\c3ccc([NH+]4CCOCC4)cc3)C(=O)N=C2[S-])cc1.